The summed E-state index contributed by atoms with van der Waals surface area (Å²) in [4.78, 5) is 13.1. The molecule has 0 radical (unpaired) electrons. The van der Waals surface area contributed by atoms with Crippen LogP contribution in [0.1, 0.15) is 26.7 Å². The number of amides is 1. The second kappa shape index (κ2) is 8.48. The zero-order valence-corrected chi connectivity index (χ0v) is 12.9. The maximum absolute atomic E-state index is 12.0. The summed E-state index contributed by atoms with van der Waals surface area (Å²) in [6, 6.07) is 7.95. The summed E-state index contributed by atoms with van der Waals surface area (Å²) < 4.78 is 0. The molecule has 0 aliphatic heterocycles. The van der Waals surface area contributed by atoms with Crippen molar-refractivity contribution in [1.29, 1.82) is 0 Å². The van der Waals surface area contributed by atoms with Crippen LogP contribution in [-0.4, -0.2) is 23.2 Å². The minimum absolute atomic E-state index is 0.00878. The summed E-state index contributed by atoms with van der Waals surface area (Å²) in [6.45, 7) is 4.13. The summed E-state index contributed by atoms with van der Waals surface area (Å²) in [5.41, 5.74) is 0.884. The van der Waals surface area contributed by atoms with Crippen molar-refractivity contribution in [1.82, 2.24) is 0 Å². The minimum atomic E-state index is 0.00878. The van der Waals surface area contributed by atoms with E-state index in [-0.39, 0.29) is 11.2 Å². The lowest BCUT2D eigenvalue weighted by Gasteiger charge is -2.12. The number of hydrogen-bond acceptors (Lipinski definition) is 3. The molecule has 1 aromatic rings. The first kappa shape index (κ1) is 15.4. The van der Waals surface area contributed by atoms with Crippen molar-refractivity contribution in [3.8, 4) is 0 Å². The molecule has 0 aromatic heterocycles. The summed E-state index contributed by atoms with van der Waals surface area (Å²) in [6.07, 6.45) is 4.38. The van der Waals surface area contributed by atoms with Crippen LogP contribution in [0.4, 0.5) is 5.69 Å². The fourth-order valence-electron chi connectivity index (χ4n) is 1.42. The Morgan fingerprint density at radius 1 is 1.44 bits per heavy atom. The van der Waals surface area contributed by atoms with Gasteiger partial charge in [0.1, 0.15) is 0 Å². The van der Waals surface area contributed by atoms with Crippen LogP contribution in [0.15, 0.2) is 29.2 Å². The lowest BCUT2D eigenvalue weighted by molar-refractivity contribution is -0.115. The van der Waals surface area contributed by atoms with Gasteiger partial charge in [0.05, 0.1) is 5.25 Å². The second-order valence-electron chi connectivity index (χ2n) is 4.09. The number of carbonyl (C=O) groups is 1. The van der Waals surface area contributed by atoms with Crippen LogP contribution >= 0.6 is 23.5 Å². The van der Waals surface area contributed by atoms with Crippen LogP contribution in [-0.2, 0) is 4.79 Å². The van der Waals surface area contributed by atoms with Gasteiger partial charge in [-0.1, -0.05) is 19.4 Å². The van der Waals surface area contributed by atoms with Gasteiger partial charge in [-0.25, -0.2) is 0 Å². The van der Waals surface area contributed by atoms with E-state index in [0.29, 0.717) is 0 Å². The number of carbonyl (C=O) groups excluding carboxylic acids is 1. The van der Waals surface area contributed by atoms with Crippen molar-refractivity contribution in [2.24, 2.45) is 0 Å². The molecule has 2 nitrogen and oxygen atoms in total. The van der Waals surface area contributed by atoms with Crippen LogP contribution in [0, 0.1) is 0 Å². The van der Waals surface area contributed by atoms with Crippen molar-refractivity contribution in [2.75, 3.05) is 17.3 Å². The maximum atomic E-state index is 12.0. The van der Waals surface area contributed by atoms with E-state index in [0.717, 1.165) is 11.4 Å². The third-order valence-corrected chi connectivity index (χ3v) is 4.54. The molecule has 1 amide bonds. The standard InChI is InChI=1S/C14H21NOS2/c1-4-5-9-18-11(2)14(16)15-12-7-6-8-13(10-12)17-3/h6-8,10-11H,4-5,9H2,1-3H3,(H,15,16). The average Bonchev–Trinajstić information content (AvgIpc) is 2.39. The second-order valence-corrected chi connectivity index (χ2v) is 6.42. The molecule has 0 aliphatic rings. The van der Waals surface area contributed by atoms with E-state index < -0.39 is 0 Å². The van der Waals surface area contributed by atoms with Gasteiger partial charge in [-0.3, -0.25) is 4.79 Å². The third kappa shape index (κ3) is 5.36. The molecule has 0 heterocycles. The van der Waals surface area contributed by atoms with Gasteiger partial charge in [0.25, 0.3) is 0 Å². The van der Waals surface area contributed by atoms with E-state index >= 15 is 0 Å². The molecule has 0 fully saturated rings. The van der Waals surface area contributed by atoms with Gasteiger partial charge in [0.15, 0.2) is 0 Å². The first-order chi connectivity index (χ1) is 8.67. The molecular weight excluding hydrogens is 262 g/mol. The average molecular weight is 283 g/mol. The topological polar surface area (TPSA) is 29.1 Å². The van der Waals surface area contributed by atoms with Crippen LogP contribution in [0.25, 0.3) is 0 Å². The van der Waals surface area contributed by atoms with Gasteiger partial charge >= 0.3 is 0 Å². The zero-order valence-electron chi connectivity index (χ0n) is 11.2. The molecule has 4 heteroatoms. The van der Waals surface area contributed by atoms with Crippen molar-refractivity contribution < 1.29 is 4.79 Å². The smallest absolute Gasteiger partial charge is 0.237 e. The highest BCUT2D eigenvalue weighted by atomic mass is 32.2. The van der Waals surface area contributed by atoms with E-state index in [9.17, 15) is 4.79 Å². The lowest BCUT2D eigenvalue weighted by Crippen LogP contribution is -2.22. The number of benzene rings is 1. The number of nitrogens with one attached hydrogen (secondary N) is 1. The molecule has 1 unspecified atom stereocenters. The van der Waals surface area contributed by atoms with Crippen molar-refractivity contribution in [3.63, 3.8) is 0 Å². The Kier molecular flexibility index (Phi) is 7.28. The Balaban J connectivity index is 2.47. The maximum Gasteiger partial charge on any atom is 0.237 e. The number of rotatable bonds is 7. The summed E-state index contributed by atoms with van der Waals surface area (Å²) in [7, 11) is 0. The molecule has 18 heavy (non-hydrogen) atoms. The molecule has 0 spiro atoms. The molecule has 0 aliphatic carbocycles. The Morgan fingerprint density at radius 3 is 2.89 bits per heavy atom. The predicted molar refractivity (Wildman–Crippen MR) is 83.7 cm³/mol. The van der Waals surface area contributed by atoms with Crippen LogP contribution in [0.5, 0.6) is 0 Å². The quantitative estimate of drug-likeness (QED) is 0.598. The van der Waals surface area contributed by atoms with E-state index in [2.05, 4.69) is 12.2 Å². The van der Waals surface area contributed by atoms with Crippen LogP contribution in [0.3, 0.4) is 0 Å². The number of unbranched alkanes of at least 4 members (excludes halogenated alkanes) is 1. The molecule has 1 N–H and O–H groups in total. The van der Waals surface area contributed by atoms with E-state index in [1.807, 2.05) is 37.4 Å². The molecule has 1 atom stereocenters. The van der Waals surface area contributed by atoms with Crippen molar-refractivity contribution in [3.05, 3.63) is 24.3 Å². The molecular formula is C14H21NOS2. The van der Waals surface area contributed by atoms with Crippen molar-refractivity contribution in [2.45, 2.75) is 36.8 Å². The number of thioether (sulfide) groups is 2. The predicted octanol–water partition coefficient (Wildman–Crippen LogP) is 4.27. The summed E-state index contributed by atoms with van der Waals surface area (Å²) >= 11 is 3.40. The van der Waals surface area contributed by atoms with E-state index in [1.165, 1.54) is 17.7 Å². The Bertz CT molecular complexity index is 382. The van der Waals surface area contributed by atoms with Gasteiger partial charge in [-0.2, -0.15) is 0 Å². The first-order valence-electron chi connectivity index (χ1n) is 6.24. The highest BCUT2D eigenvalue weighted by molar-refractivity contribution is 8.00. The molecule has 1 rings (SSSR count). The zero-order chi connectivity index (χ0) is 13.4. The van der Waals surface area contributed by atoms with Gasteiger partial charge in [0, 0.05) is 10.6 Å². The summed E-state index contributed by atoms with van der Waals surface area (Å²) in [5.74, 6) is 1.14. The largest absolute Gasteiger partial charge is 0.325 e. The first-order valence-corrected chi connectivity index (χ1v) is 8.51. The number of anilines is 1. The van der Waals surface area contributed by atoms with Gasteiger partial charge in [-0.05, 0) is 43.6 Å². The van der Waals surface area contributed by atoms with Gasteiger partial charge in [-0.15, -0.1) is 23.5 Å². The highest BCUT2D eigenvalue weighted by Crippen LogP contribution is 2.20. The fourth-order valence-corrected chi connectivity index (χ4v) is 2.90. The van der Waals surface area contributed by atoms with E-state index in [1.54, 1.807) is 23.5 Å². The molecule has 1 aromatic carbocycles. The Morgan fingerprint density at radius 2 is 2.22 bits per heavy atom. The fraction of sp³-hybridized carbons (Fsp3) is 0.500. The Labute approximate surface area is 118 Å². The molecule has 100 valence electrons. The van der Waals surface area contributed by atoms with Crippen LogP contribution < -0.4 is 5.32 Å². The molecule has 0 saturated carbocycles. The Hall–Kier alpha value is -0.610. The van der Waals surface area contributed by atoms with Gasteiger partial charge in [0.2, 0.25) is 5.91 Å². The number of hydrogen-bond donors (Lipinski definition) is 1. The normalized spacial score (nSPS) is 12.2. The minimum Gasteiger partial charge on any atom is -0.325 e. The van der Waals surface area contributed by atoms with Gasteiger partial charge < -0.3 is 5.32 Å². The SMILES string of the molecule is CCCCSC(C)C(=O)Nc1cccc(SC)c1. The van der Waals surface area contributed by atoms with Crippen molar-refractivity contribution >= 4 is 35.1 Å². The molecule has 0 saturated heterocycles. The van der Waals surface area contributed by atoms with E-state index in [4.69, 9.17) is 0 Å². The lowest BCUT2D eigenvalue weighted by atomic mass is 10.3. The highest BCUT2D eigenvalue weighted by Gasteiger charge is 2.13. The molecule has 0 bridgehead atoms. The van der Waals surface area contributed by atoms with Crippen LogP contribution in [0.2, 0.25) is 0 Å². The monoisotopic (exact) mass is 283 g/mol. The third-order valence-electron chi connectivity index (χ3n) is 2.57. The summed E-state index contributed by atoms with van der Waals surface area (Å²) in [5, 5.41) is 2.98.